The van der Waals surface area contributed by atoms with Gasteiger partial charge in [0.05, 0.1) is 18.0 Å². The van der Waals surface area contributed by atoms with Crippen LogP contribution in [0.15, 0.2) is 28.0 Å². The zero-order valence-corrected chi connectivity index (χ0v) is 18.2. The fourth-order valence-electron chi connectivity index (χ4n) is 2.07. The van der Waals surface area contributed by atoms with Crippen LogP contribution in [0.3, 0.4) is 0 Å². The molecule has 0 aliphatic heterocycles. The second kappa shape index (κ2) is 9.08. The molecule has 0 aliphatic carbocycles. The molecule has 0 aromatic rings. The summed E-state index contributed by atoms with van der Waals surface area (Å²) in [7, 11) is -2.19. The Labute approximate surface area is 153 Å². The minimum Gasteiger partial charge on any atom is -0.411 e. The van der Waals surface area contributed by atoms with E-state index < -0.39 is 20.8 Å². The van der Waals surface area contributed by atoms with Gasteiger partial charge < -0.3 is 10.2 Å². The average Bonchev–Trinajstić information content (AvgIpc) is 2.45. The van der Waals surface area contributed by atoms with Gasteiger partial charge in [-0.1, -0.05) is 40.7 Å². The number of nitrogens with zero attached hydrogens (tertiary/aromatic N) is 1. The zero-order valence-electron chi connectivity index (χ0n) is 17.2. The number of nitrogens with two attached hydrogens (primary N) is 1. The van der Waals surface area contributed by atoms with Gasteiger partial charge in [-0.15, -0.1) is 0 Å². The Morgan fingerprint density at radius 3 is 2.16 bits per heavy atom. The SMILES string of the molecule is C=N/C(=C(N)\C(=C/C)CCC(F)(F)CO[Si](C)(C)C(C)(C)C)C(C)C. The molecule has 6 heteroatoms. The molecule has 0 aromatic carbocycles. The monoisotopic (exact) mass is 374 g/mol. The summed E-state index contributed by atoms with van der Waals surface area (Å²) in [5.74, 6) is -2.79. The van der Waals surface area contributed by atoms with Gasteiger partial charge in [0.1, 0.15) is 0 Å². The van der Waals surface area contributed by atoms with Gasteiger partial charge >= 0.3 is 0 Å². The van der Waals surface area contributed by atoms with Crippen molar-refractivity contribution in [1.82, 2.24) is 0 Å². The molecular formula is C19H36F2N2OSi. The van der Waals surface area contributed by atoms with E-state index >= 15 is 0 Å². The van der Waals surface area contributed by atoms with Crippen LogP contribution in [0, 0.1) is 5.92 Å². The minimum atomic E-state index is -2.89. The average molecular weight is 375 g/mol. The third-order valence-corrected chi connectivity index (χ3v) is 9.38. The Hall–Kier alpha value is -1.01. The first-order valence-electron chi connectivity index (χ1n) is 8.82. The van der Waals surface area contributed by atoms with Crippen molar-refractivity contribution in [2.24, 2.45) is 16.6 Å². The van der Waals surface area contributed by atoms with E-state index in [0.717, 1.165) is 0 Å². The van der Waals surface area contributed by atoms with Crippen molar-refractivity contribution in [1.29, 1.82) is 0 Å². The lowest BCUT2D eigenvalue weighted by atomic mass is 9.99. The predicted molar refractivity (Wildman–Crippen MR) is 107 cm³/mol. The first-order valence-corrected chi connectivity index (χ1v) is 11.7. The van der Waals surface area contributed by atoms with Crippen LogP contribution in [0.2, 0.25) is 18.1 Å². The standard InChI is InChI=1S/C19H36F2N2OSi/c1-10-15(16(22)17(23-7)14(2)3)11-12-19(20,21)13-24-25(8,9)18(4,5)6/h10,14H,7,11-13,22H2,1-6,8-9H3/b15-10-,17-16+. The van der Waals surface area contributed by atoms with E-state index in [2.05, 4.69) is 11.7 Å². The molecule has 0 fully saturated rings. The van der Waals surface area contributed by atoms with Gasteiger partial charge in [-0.2, -0.15) is 0 Å². The van der Waals surface area contributed by atoms with Gasteiger partial charge in [-0.25, -0.2) is 8.78 Å². The predicted octanol–water partition coefficient (Wildman–Crippen LogP) is 5.90. The number of halogens is 2. The molecule has 0 heterocycles. The Morgan fingerprint density at radius 2 is 1.80 bits per heavy atom. The van der Waals surface area contributed by atoms with Crippen molar-refractivity contribution < 1.29 is 13.2 Å². The fraction of sp³-hybridized carbons (Fsp3) is 0.737. The molecule has 3 nitrogen and oxygen atoms in total. The van der Waals surface area contributed by atoms with Crippen molar-refractivity contribution in [2.45, 2.75) is 78.4 Å². The van der Waals surface area contributed by atoms with Crippen LogP contribution in [0.25, 0.3) is 0 Å². The fourth-order valence-corrected chi connectivity index (χ4v) is 3.08. The lowest BCUT2D eigenvalue weighted by Crippen LogP contribution is -2.44. The number of hydrogen-bond donors (Lipinski definition) is 1. The van der Waals surface area contributed by atoms with E-state index in [9.17, 15) is 8.78 Å². The Morgan fingerprint density at radius 1 is 1.28 bits per heavy atom. The normalized spacial score (nSPS) is 15.4. The highest BCUT2D eigenvalue weighted by Crippen LogP contribution is 2.38. The van der Waals surface area contributed by atoms with Crippen LogP contribution in [-0.2, 0) is 4.43 Å². The lowest BCUT2D eigenvalue weighted by molar-refractivity contribution is -0.0511. The second-order valence-electron chi connectivity index (χ2n) is 8.33. The molecule has 0 amide bonds. The van der Waals surface area contributed by atoms with Crippen LogP contribution in [0.5, 0.6) is 0 Å². The van der Waals surface area contributed by atoms with Crippen molar-refractivity contribution in [3.05, 3.63) is 23.0 Å². The first-order chi connectivity index (χ1) is 11.2. The van der Waals surface area contributed by atoms with E-state index in [-0.39, 0.29) is 23.8 Å². The summed E-state index contributed by atoms with van der Waals surface area (Å²) in [5, 5.41) is -0.0908. The summed E-state index contributed by atoms with van der Waals surface area (Å²) < 4.78 is 34.3. The molecule has 0 bridgehead atoms. The Balaban J connectivity index is 5.00. The number of rotatable bonds is 9. The van der Waals surface area contributed by atoms with E-state index in [1.165, 1.54) is 0 Å². The van der Waals surface area contributed by atoms with Crippen LogP contribution >= 0.6 is 0 Å². The van der Waals surface area contributed by atoms with Crippen LogP contribution in [-0.4, -0.2) is 27.6 Å². The summed E-state index contributed by atoms with van der Waals surface area (Å²) in [6.45, 7) is 18.8. The summed E-state index contributed by atoms with van der Waals surface area (Å²) in [6.07, 6.45) is 1.65. The van der Waals surface area contributed by atoms with Gasteiger partial charge in [-0.3, -0.25) is 4.99 Å². The maximum Gasteiger partial charge on any atom is 0.270 e. The summed E-state index contributed by atoms with van der Waals surface area (Å²) in [4.78, 5) is 3.95. The van der Waals surface area contributed by atoms with Gasteiger partial charge in [0, 0.05) is 6.42 Å². The maximum absolute atomic E-state index is 14.3. The molecule has 0 aromatic heterocycles. The zero-order chi connectivity index (χ0) is 20.1. The topological polar surface area (TPSA) is 47.6 Å². The van der Waals surface area contributed by atoms with Crippen molar-refractivity contribution in [2.75, 3.05) is 6.61 Å². The lowest BCUT2D eigenvalue weighted by Gasteiger charge is -2.37. The van der Waals surface area contributed by atoms with Crippen LogP contribution in [0.1, 0.15) is 54.4 Å². The smallest absolute Gasteiger partial charge is 0.270 e. The maximum atomic E-state index is 14.3. The third-order valence-electron chi connectivity index (χ3n) is 4.90. The van der Waals surface area contributed by atoms with Crippen molar-refractivity contribution in [3.63, 3.8) is 0 Å². The van der Waals surface area contributed by atoms with E-state index in [1.807, 2.05) is 47.7 Å². The molecule has 0 atom stereocenters. The summed E-state index contributed by atoms with van der Waals surface area (Å²) in [5.41, 5.74) is 7.91. The van der Waals surface area contributed by atoms with Gasteiger partial charge in [0.25, 0.3) is 5.92 Å². The molecule has 0 aliphatic rings. The van der Waals surface area contributed by atoms with Crippen LogP contribution < -0.4 is 5.73 Å². The molecular weight excluding hydrogens is 338 g/mol. The summed E-state index contributed by atoms with van der Waals surface area (Å²) >= 11 is 0. The van der Waals surface area contributed by atoms with Gasteiger partial charge in [-0.05, 0) is 49.7 Å². The Bertz CT molecular complexity index is 518. The van der Waals surface area contributed by atoms with Crippen molar-refractivity contribution in [3.8, 4) is 0 Å². The number of alkyl halides is 2. The summed E-state index contributed by atoms with van der Waals surface area (Å²) in [6, 6.07) is 0. The second-order valence-corrected chi connectivity index (χ2v) is 13.1. The molecule has 0 rings (SSSR count). The van der Waals surface area contributed by atoms with Crippen LogP contribution in [0.4, 0.5) is 8.78 Å². The third kappa shape index (κ3) is 7.40. The minimum absolute atomic E-state index is 0.0908. The molecule has 0 radical (unpaired) electrons. The number of aliphatic imine (C=N–C) groups is 1. The molecule has 2 N–H and O–H groups in total. The van der Waals surface area contributed by atoms with E-state index in [1.54, 1.807) is 13.0 Å². The van der Waals surface area contributed by atoms with E-state index in [0.29, 0.717) is 17.0 Å². The molecule has 0 saturated heterocycles. The largest absolute Gasteiger partial charge is 0.411 e. The highest BCUT2D eigenvalue weighted by atomic mass is 28.4. The highest BCUT2D eigenvalue weighted by Gasteiger charge is 2.40. The number of hydrogen-bond acceptors (Lipinski definition) is 3. The molecule has 0 saturated carbocycles. The molecule has 0 spiro atoms. The van der Waals surface area contributed by atoms with Crippen molar-refractivity contribution >= 4 is 15.0 Å². The molecule has 146 valence electrons. The van der Waals surface area contributed by atoms with E-state index in [4.69, 9.17) is 10.2 Å². The Kier molecular flexibility index (Phi) is 8.71. The van der Waals surface area contributed by atoms with Gasteiger partial charge in [0.2, 0.25) is 0 Å². The molecule has 25 heavy (non-hydrogen) atoms. The molecule has 0 unspecified atom stereocenters. The first kappa shape index (κ1) is 24.0. The highest BCUT2D eigenvalue weighted by molar-refractivity contribution is 6.74. The van der Waals surface area contributed by atoms with Gasteiger partial charge in [0.15, 0.2) is 8.32 Å². The number of allylic oxidation sites excluding steroid dienone is 3. The quantitative estimate of drug-likeness (QED) is 0.310.